The van der Waals surface area contributed by atoms with E-state index in [1.165, 1.54) is 31.0 Å². The van der Waals surface area contributed by atoms with E-state index in [4.69, 9.17) is 35.1 Å². The van der Waals surface area contributed by atoms with Gasteiger partial charge in [-0.2, -0.15) is 0 Å². The van der Waals surface area contributed by atoms with Crippen molar-refractivity contribution in [2.75, 3.05) is 32.1 Å². The van der Waals surface area contributed by atoms with Gasteiger partial charge < -0.3 is 36.0 Å². The molecule has 7 N–H and O–H groups in total. The highest BCUT2D eigenvalue weighted by Crippen LogP contribution is 2.43. The van der Waals surface area contributed by atoms with Crippen LogP contribution in [0.1, 0.15) is 129 Å². The van der Waals surface area contributed by atoms with E-state index in [1.807, 2.05) is 24.3 Å². The van der Waals surface area contributed by atoms with Gasteiger partial charge in [0.15, 0.2) is 6.10 Å². The fourth-order valence-corrected chi connectivity index (χ4v) is 7.46. The summed E-state index contributed by atoms with van der Waals surface area (Å²) in [5.74, 6) is -2.34. The van der Waals surface area contributed by atoms with Gasteiger partial charge in [0.25, 0.3) is 0 Å². The van der Waals surface area contributed by atoms with Crippen molar-refractivity contribution in [3.8, 4) is 0 Å². The largest absolute Gasteiger partial charge is 0.481 e. The van der Waals surface area contributed by atoms with Crippen LogP contribution in [-0.4, -0.2) is 88.6 Å². The third-order valence-electron chi connectivity index (χ3n) is 9.14. The van der Waals surface area contributed by atoms with E-state index in [2.05, 4.69) is 86.8 Å². The SMILES string of the molecule is CC/C=C\C/C=C\C/C=C\C/C=C\C/C=C\CCCCCC(=O)O[C@H](COC(=O)[C@@H](N)CS[C@H](/C=C/C=C/C=C\C/C=C\CCCCC)[C@@H](O)CCCC(=O)O)COP(=O)(O)OCCN. The number of nitrogens with two attached hydrogens (primary N) is 2. The van der Waals surface area contributed by atoms with Gasteiger partial charge >= 0.3 is 25.7 Å². The monoisotopic (exact) mass is 949 g/mol. The molecule has 65 heavy (non-hydrogen) atoms. The standard InChI is InChI=1S/C50H81N2O11PS/c1-3-5-7-9-11-13-15-17-18-19-20-21-22-23-25-27-29-31-33-38-49(56)63-44(42-62-64(58,59)61-40-39-51)41-60-50(57)45(52)43-65-47(46(53)35-34-37-48(54)55)36-32-30-28-26-24-16-14-12-10-8-6-4-2/h5,7,11-14,17-18,20-21,23-26,28,30,32,36,44-47,53H,3-4,6,8-10,15-16,19,22,27,29,31,33-35,37-43,51-52H2,1-2H3,(H,54,55)(H,58,59)/b7-5-,13-11-,14-12-,18-17-,21-20-,25-23-,26-24-,30-28+,36-32+/t44-,45+,46+,47-/m1/s1. The first-order chi connectivity index (χ1) is 31.4. The number of unbranched alkanes of at least 4 members (excludes halogenated alkanes) is 6. The van der Waals surface area contributed by atoms with Crippen molar-refractivity contribution >= 4 is 37.5 Å². The predicted molar refractivity (Wildman–Crippen MR) is 266 cm³/mol. The molecule has 1 unspecified atom stereocenters. The Morgan fingerprint density at radius 1 is 0.692 bits per heavy atom. The first kappa shape index (κ1) is 61.4. The number of aliphatic carboxylic acids is 1. The molecule has 0 radical (unpaired) electrons. The molecular formula is C50H81N2O11PS. The molecule has 15 heteroatoms. The van der Waals surface area contributed by atoms with E-state index in [-0.39, 0.29) is 44.6 Å². The molecule has 0 rings (SSSR count). The average Bonchev–Trinajstić information content (AvgIpc) is 3.28. The van der Waals surface area contributed by atoms with Crippen LogP contribution in [0.3, 0.4) is 0 Å². The number of phosphoric ester groups is 1. The molecule has 0 saturated carbocycles. The first-order valence-electron chi connectivity index (χ1n) is 23.3. The number of allylic oxidation sites excluding steroid dienone is 17. The number of aliphatic hydroxyl groups excluding tert-OH is 1. The number of rotatable bonds is 42. The third kappa shape index (κ3) is 41.6. The molecule has 0 aliphatic heterocycles. The maximum atomic E-state index is 13.0. The number of esters is 2. The second-order valence-electron chi connectivity index (χ2n) is 15.1. The van der Waals surface area contributed by atoms with Crippen molar-refractivity contribution in [1.82, 2.24) is 0 Å². The fraction of sp³-hybridized carbons (Fsp3) is 0.580. The van der Waals surface area contributed by atoms with E-state index < -0.39 is 62.4 Å². The van der Waals surface area contributed by atoms with Gasteiger partial charge in [-0.05, 0) is 83.5 Å². The lowest BCUT2D eigenvalue weighted by atomic mass is 10.1. The number of thioether (sulfide) groups is 1. The highest BCUT2D eigenvalue weighted by molar-refractivity contribution is 8.00. The van der Waals surface area contributed by atoms with Crippen LogP contribution in [0.15, 0.2) is 109 Å². The van der Waals surface area contributed by atoms with Crippen molar-refractivity contribution in [1.29, 1.82) is 0 Å². The Morgan fingerprint density at radius 3 is 1.88 bits per heavy atom. The van der Waals surface area contributed by atoms with Gasteiger partial charge in [-0.3, -0.25) is 23.4 Å². The van der Waals surface area contributed by atoms with Crippen molar-refractivity contribution in [2.45, 2.75) is 153 Å². The second kappa shape index (κ2) is 44.3. The molecule has 5 atom stereocenters. The van der Waals surface area contributed by atoms with E-state index in [1.54, 1.807) is 12.2 Å². The highest BCUT2D eigenvalue weighted by Gasteiger charge is 2.27. The molecule has 0 aromatic carbocycles. The molecule has 0 heterocycles. The van der Waals surface area contributed by atoms with Gasteiger partial charge in [-0.25, -0.2) is 4.57 Å². The number of ether oxygens (including phenoxy) is 2. The number of carbonyl (C=O) groups is 3. The number of hydrogen-bond donors (Lipinski definition) is 5. The number of carboxylic acids is 1. The van der Waals surface area contributed by atoms with Gasteiger partial charge in [-0.1, -0.05) is 142 Å². The quantitative estimate of drug-likeness (QED) is 0.0126. The van der Waals surface area contributed by atoms with Crippen LogP contribution >= 0.6 is 19.6 Å². The molecule has 0 bridgehead atoms. The number of carboxylic acid groups (broad SMARTS) is 1. The smallest absolute Gasteiger partial charge is 0.472 e. The summed E-state index contributed by atoms with van der Waals surface area (Å²) in [6.07, 6.45) is 48.7. The van der Waals surface area contributed by atoms with Crippen LogP contribution in [0.25, 0.3) is 0 Å². The van der Waals surface area contributed by atoms with Gasteiger partial charge in [-0.15, -0.1) is 11.8 Å². The molecule has 368 valence electrons. The Kier molecular flexibility index (Phi) is 41.8. The van der Waals surface area contributed by atoms with Crippen LogP contribution in [0.4, 0.5) is 0 Å². The molecule has 0 amide bonds. The average molecular weight is 949 g/mol. The molecule has 0 saturated heterocycles. The maximum Gasteiger partial charge on any atom is 0.472 e. The zero-order valence-electron chi connectivity index (χ0n) is 39.1. The molecule has 0 fully saturated rings. The Bertz CT molecular complexity index is 1560. The summed E-state index contributed by atoms with van der Waals surface area (Å²) in [5.41, 5.74) is 11.5. The summed E-state index contributed by atoms with van der Waals surface area (Å²) in [6, 6.07) is -1.15. The number of hydrogen-bond acceptors (Lipinski definition) is 12. The predicted octanol–water partition coefficient (Wildman–Crippen LogP) is 10.5. The van der Waals surface area contributed by atoms with Crippen LogP contribution in [0.5, 0.6) is 0 Å². The van der Waals surface area contributed by atoms with Gasteiger partial charge in [0.1, 0.15) is 12.6 Å². The van der Waals surface area contributed by atoms with Crippen molar-refractivity contribution in [2.24, 2.45) is 11.5 Å². The van der Waals surface area contributed by atoms with Crippen LogP contribution in [-0.2, 0) is 37.5 Å². The highest BCUT2D eigenvalue weighted by atomic mass is 32.2. The Morgan fingerprint density at radius 2 is 1.28 bits per heavy atom. The lowest BCUT2D eigenvalue weighted by Crippen LogP contribution is -2.38. The summed E-state index contributed by atoms with van der Waals surface area (Å²) in [6.45, 7) is 2.94. The normalized spacial score (nSPS) is 15.5. The van der Waals surface area contributed by atoms with Crippen LogP contribution in [0, 0.1) is 0 Å². The van der Waals surface area contributed by atoms with Crippen molar-refractivity contribution in [3.63, 3.8) is 0 Å². The topological polar surface area (TPSA) is 218 Å². The first-order valence-corrected chi connectivity index (χ1v) is 25.8. The van der Waals surface area contributed by atoms with Crippen LogP contribution in [0.2, 0.25) is 0 Å². The van der Waals surface area contributed by atoms with Gasteiger partial charge in [0, 0.05) is 30.4 Å². The summed E-state index contributed by atoms with van der Waals surface area (Å²) >= 11 is 1.21. The fourth-order valence-electron chi connectivity index (χ4n) is 5.57. The van der Waals surface area contributed by atoms with Gasteiger partial charge in [0.05, 0.1) is 19.3 Å². The van der Waals surface area contributed by atoms with Crippen LogP contribution < -0.4 is 11.5 Å². The summed E-state index contributed by atoms with van der Waals surface area (Å²) in [4.78, 5) is 46.8. The number of carbonyl (C=O) groups excluding carboxylic acids is 2. The Hall–Kier alpha value is -3.59. The summed E-state index contributed by atoms with van der Waals surface area (Å²) in [5, 5.41) is 19.4. The van der Waals surface area contributed by atoms with E-state index >= 15 is 0 Å². The van der Waals surface area contributed by atoms with E-state index in [0.717, 1.165) is 64.2 Å². The third-order valence-corrected chi connectivity index (χ3v) is 11.5. The lowest BCUT2D eigenvalue weighted by molar-refractivity contribution is -0.161. The minimum absolute atomic E-state index is 0.0255. The zero-order chi connectivity index (χ0) is 48.1. The number of phosphoric acid groups is 1. The molecule has 0 aliphatic rings. The molecule has 13 nitrogen and oxygen atoms in total. The molecule has 0 aromatic rings. The maximum absolute atomic E-state index is 13.0. The molecule has 0 aromatic heterocycles. The minimum Gasteiger partial charge on any atom is -0.481 e. The zero-order valence-corrected chi connectivity index (χ0v) is 40.8. The molecule has 0 spiro atoms. The minimum atomic E-state index is -4.53. The van der Waals surface area contributed by atoms with Crippen molar-refractivity contribution in [3.05, 3.63) is 109 Å². The Balaban J connectivity index is 5.06. The molecular weight excluding hydrogens is 868 g/mol. The Labute approximate surface area is 394 Å². The van der Waals surface area contributed by atoms with Gasteiger partial charge in [0.2, 0.25) is 0 Å². The lowest BCUT2D eigenvalue weighted by Gasteiger charge is -2.22. The van der Waals surface area contributed by atoms with E-state index in [9.17, 15) is 28.9 Å². The molecule has 0 aliphatic carbocycles. The van der Waals surface area contributed by atoms with Crippen molar-refractivity contribution < 1.29 is 52.6 Å². The van der Waals surface area contributed by atoms with E-state index in [0.29, 0.717) is 6.42 Å². The summed E-state index contributed by atoms with van der Waals surface area (Å²) in [7, 11) is -4.53. The second-order valence-corrected chi connectivity index (χ2v) is 17.8. The number of aliphatic hydroxyl groups is 1. The summed E-state index contributed by atoms with van der Waals surface area (Å²) < 4.78 is 32.9.